The smallest absolute Gasteiger partial charge is 0.332 e. The molecule has 0 saturated carbocycles. The number of anilines is 1. The molecule has 0 atom stereocenters. The molecule has 0 radical (unpaired) electrons. The van der Waals surface area contributed by atoms with Gasteiger partial charge in [0.1, 0.15) is 19.0 Å². The zero-order valence-corrected chi connectivity index (χ0v) is 17.1. The Morgan fingerprint density at radius 1 is 0.862 bits per heavy atom. The molecule has 6 heteroatoms. The van der Waals surface area contributed by atoms with Gasteiger partial charge in [-0.25, -0.2) is 4.79 Å². The van der Waals surface area contributed by atoms with E-state index >= 15 is 0 Å². The average Bonchev–Trinajstić information content (AvgIpc) is 2.75. The lowest BCUT2D eigenvalue weighted by Gasteiger charge is -2.08. The van der Waals surface area contributed by atoms with Gasteiger partial charge in [0, 0.05) is 12.7 Å². The topological polar surface area (TPSA) is 66.0 Å². The first kappa shape index (κ1) is 22.5. The van der Waals surface area contributed by atoms with Crippen molar-refractivity contribution in [2.24, 2.45) is 0 Å². The largest absolute Gasteiger partial charge is 0.491 e. The molecule has 0 fully saturated rings. The minimum absolute atomic E-state index is 0.0459. The highest BCUT2D eigenvalue weighted by atomic mass is 16.6. The second-order valence-electron chi connectivity index (χ2n) is 6.09. The average molecular weight is 399 g/mol. The van der Waals surface area contributed by atoms with Crippen LogP contribution in [0.5, 0.6) is 5.75 Å². The SMILES string of the molecule is CCOC(=O)COCCOCCOc1ccc(/C=C/c2ccc(NC)cc2)cc1. The van der Waals surface area contributed by atoms with E-state index in [2.05, 4.69) is 29.6 Å². The Morgan fingerprint density at radius 2 is 1.45 bits per heavy atom. The monoisotopic (exact) mass is 399 g/mol. The summed E-state index contributed by atoms with van der Waals surface area (Å²) in [7, 11) is 1.91. The van der Waals surface area contributed by atoms with Crippen molar-refractivity contribution in [1.29, 1.82) is 0 Å². The maximum absolute atomic E-state index is 11.1. The maximum Gasteiger partial charge on any atom is 0.332 e. The first-order chi connectivity index (χ1) is 14.2. The first-order valence-electron chi connectivity index (χ1n) is 9.71. The molecule has 29 heavy (non-hydrogen) atoms. The van der Waals surface area contributed by atoms with Crippen molar-refractivity contribution in [3.05, 3.63) is 59.7 Å². The lowest BCUT2D eigenvalue weighted by molar-refractivity contribution is -0.148. The fraction of sp³-hybridized carbons (Fsp3) is 0.348. The van der Waals surface area contributed by atoms with E-state index in [0.717, 1.165) is 22.6 Å². The molecule has 0 spiro atoms. The summed E-state index contributed by atoms with van der Waals surface area (Å²) in [5.41, 5.74) is 3.34. The van der Waals surface area contributed by atoms with Crippen LogP contribution in [-0.4, -0.2) is 52.7 Å². The summed E-state index contributed by atoms with van der Waals surface area (Å²) in [6.45, 7) is 3.72. The molecule has 0 heterocycles. The second-order valence-corrected chi connectivity index (χ2v) is 6.09. The van der Waals surface area contributed by atoms with Gasteiger partial charge in [-0.15, -0.1) is 0 Å². The zero-order valence-electron chi connectivity index (χ0n) is 17.1. The number of carbonyl (C=O) groups excluding carboxylic acids is 1. The number of esters is 1. The number of carbonyl (C=O) groups is 1. The predicted octanol–water partition coefficient (Wildman–Crippen LogP) is 3.87. The number of benzene rings is 2. The van der Waals surface area contributed by atoms with Crippen molar-refractivity contribution in [1.82, 2.24) is 0 Å². The van der Waals surface area contributed by atoms with Crippen LogP contribution in [0.4, 0.5) is 5.69 Å². The molecule has 0 unspecified atom stereocenters. The third-order valence-electron chi connectivity index (χ3n) is 3.94. The Hall–Kier alpha value is -2.83. The normalized spacial score (nSPS) is 10.8. The molecule has 0 aliphatic carbocycles. The minimum Gasteiger partial charge on any atom is -0.491 e. The predicted molar refractivity (Wildman–Crippen MR) is 115 cm³/mol. The zero-order chi connectivity index (χ0) is 20.7. The Labute approximate surface area is 172 Å². The fourth-order valence-electron chi connectivity index (χ4n) is 2.43. The van der Waals surface area contributed by atoms with Crippen LogP contribution in [0.3, 0.4) is 0 Å². The van der Waals surface area contributed by atoms with Crippen LogP contribution in [0.2, 0.25) is 0 Å². The summed E-state index contributed by atoms with van der Waals surface area (Å²) in [6.07, 6.45) is 4.14. The Bertz CT molecular complexity index is 741. The highest BCUT2D eigenvalue weighted by molar-refractivity contribution is 5.71. The van der Waals surface area contributed by atoms with E-state index < -0.39 is 0 Å². The van der Waals surface area contributed by atoms with Crippen LogP contribution in [0, 0.1) is 0 Å². The summed E-state index contributed by atoms with van der Waals surface area (Å²) in [5, 5.41) is 3.11. The van der Waals surface area contributed by atoms with Gasteiger partial charge < -0.3 is 24.3 Å². The maximum atomic E-state index is 11.1. The van der Waals surface area contributed by atoms with Gasteiger partial charge in [-0.2, -0.15) is 0 Å². The molecule has 2 rings (SSSR count). The molecular weight excluding hydrogens is 370 g/mol. The number of rotatable bonds is 13. The van der Waals surface area contributed by atoms with Gasteiger partial charge in [-0.1, -0.05) is 36.4 Å². The van der Waals surface area contributed by atoms with Gasteiger partial charge in [0.2, 0.25) is 0 Å². The van der Waals surface area contributed by atoms with E-state index in [9.17, 15) is 4.79 Å². The second kappa shape index (κ2) is 13.4. The van der Waals surface area contributed by atoms with Gasteiger partial charge >= 0.3 is 5.97 Å². The molecular formula is C23H29NO5. The summed E-state index contributed by atoms with van der Waals surface area (Å²) >= 11 is 0. The van der Waals surface area contributed by atoms with Crippen LogP contribution < -0.4 is 10.1 Å². The van der Waals surface area contributed by atoms with Gasteiger partial charge in [-0.05, 0) is 42.3 Å². The van der Waals surface area contributed by atoms with Gasteiger partial charge in [0.25, 0.3) is 0 Å². The van der Waals surface area contributed by atoms with Gasteiger partial charge in [0.15, 0.2) is 0 Å². The molecule has 156 valence electrons. The number of hydrogen-bond acceptors (Lipinski definition) is 6. The van der Waals surface area contributed by atoms with E-state index in [1.807, 2.05) is 43.4 Å². The van der Waals surface area contributed by atoms with Crippen LogP contribution in [0.1, 0.15) is 18.1 Å². The molecule has 0 bridgehead atoms. The molecule has 1 N–H and O–H groups in total. The molecule has 0 aliphatic rings. The Kier molecular flexibility index (Phi) is 10.3. The summed E-state index contributed by atoms with van der Waals surface area (Å²) < 4.78 is 21.0. The van der Waals surface area contributed by atoms with E-state index in [1.54, 1.807) is 6.92 Å². The highest BCUT2D eigenvalue weighted by Crippen LogP contribution is 2.15. The lowest BCUT2D eigenvalue weighted by Crippen LogP contribution is -2.16. The van der Waals surface area contributed by atoms with E-state index in [-0.39, 0.29) is 12.6 Å². The minimum atomic E-state index is -0.360. The summed E-state index contributed by atoms with van der Waals surface area (Å²) in [5.74, 6) is 0.434. The molecule has 0 aromatic heterocycles. The van der Waals surface area contributed by atoms with Crippen molar-refractivity contribution in [2.75, 3.05) is 52.0 Å². The lowest BCUT2D eigenvalue weighted by atomic mass is 10.1. The van der Waals surface area contributed by atoms with Gasteiger partial charge in [-0.3, -0.25) is 0 Å². The van der Waals surface area contributed by atoms with Crippen LogP contribution in [-0.2, 0) is 19.0 Å². The van der Waals surface area contributed by atoms with Crippen LogP contribution >= 0.6 is 0 Å². The molecule has 2 aromatic carbocycles. The van der Waals surface area contributed by atoms with E-state index in [1.165, 1.54) is 0 Å². The Morgan fingerprint density at radius 3 is 2.07 bits per heavy atom. The van der Waals surface area contributed by atoms with Crippen molar-refractivity contribution in [2.45, 2.75) is 6.92 Å². The highest BCUT2D eigenvalue weighted by Gasteiger charge is 2.00. The number of hydrogen-bond donors (Lipinski definition) is 1. The van der Waals surface area contributed by atoms with Crippen molar-refractivity contribution in [3.63, 3.8) is 0 Å². The molecule has 6 nitrogen and oxygen atoms in total. The number of nitrogens with one attached hydrogen (secondary N) is 1. The van der Waals surface area contributed by atoms with Crippen molar-refractivity contribution < 1.29 is 23.7 Å². The van der Waals surface area contributed by atoms with E-state index in [4.69, 9.17) is 18.9 Å². The number of ether oxygens (including phenoxy) is 4. The summed E-state index contributed by atoms with van der Waals surface area (Å²) in [6, 6.07) is 16.1. The third-order valence-corrected chi connectivity index (χ3v) is 3.94. The van der Waals surface area contributed by atoms with Crippen LogP contribution in [0.25, 0.3) is 12.2 Å². The molecule has 0 amide bonds. The van der Waals surface area contributed by atoms with Gasteiger partial charge in [0.05, 0.1) is 26.4 Å². The quantitative estimate of drug-likeness (QED) is 0.313. The first-order valence-corrected chi connectivity index (χ1v) is 9.71. The van der Waals surface area contributed by atoms with Crippen molar-refractivity contribution >= 4 is 23.8 Å². The third kappa shape index (κ3) is 9.27. The Balaban J connectivity index is 1.60. The van der Waals surface area contributed by atoms with Crippen molar-refractivity contribution in [3.8, 4) is 5.75 Å². The summed E-state index contributed by atoms with van der Waals surface area (Å²) in [4.78, 5) is 11.1. The molecule has 0 aliphatic heterocycles. The molecule has 2 aromatic rings. The van der Waals surface area contributed by atoms with E-state index in [0.29, 0.717) is 33.0 Å². The standard InChI is InChI=1S/C23H29NO5/c1-3-28-23(25)18-27-15-14-26-16-17-29-22-12-8-20(9-13-22)5-4-19-6-10-21(24-2)11-7-19/h4-13,24H,3,14-18H2,1-2H3/b5-4+. The van der Waals surface area contributed by atoms with Crippen LogP contribution in [0.15, 0.2) is 48.5 Å². The fourth-order valence-corrected chi connectivity index (χ4v) is 2.43. The molecule has 0 saturated heterocycles.